The third kappa shape index (κ3) is 3.25. The fourth-order valence-electron chi connectivity index (χ4n) is 1.59. The molecule has 0 aliphatic carbocycles. The number of carbonyl (C=O) groups is 1. The molecule has 1 rings (SSSR count). The summed E-state index contributed by atoms with van der Waals surface area (Å²) in [4.78, 5) is 11.0. The SMILES string of the molecule is COC(C(=O)O)c1ccccc1CCSC. The van der Waals surface area contributed by atoms with Gasteiger partial charge >= 0.3 is 5.97 Å². The zero-order chi connectivity index (χ0) is 12.0. The minimum atomic E-state index is -0.945. The third-order valence-electron chi connectivity index (χ3n) is 2.37. The first-order valence-electron chi connectivity index (χ1n) is 5.03. The lowest BCUT2D eigenvalue weighted by Crippen LogP contribution is -2.15. The van der Waals surface area contributed by atoms with Crippen LogP contribution in [0.1, 0.15) is 17.2 Å². The minimum absolute atomic E-state index is 0.756. The number of aryl methyl sites for hydroxylation is 1. The average Bonchev–Trinajstić information content (AvgIpc) is 2.28. The number of hydrogen-bond acceptors (Lipinski definition) is 3. The molecule has 4 heteroatoms. The molecule has 1 aromatic rings. The number of benzene rings is 1. The molecule has 0 fully saturated rings. The number of hydrogen-bond donors (Lipinski definition) is 1. The number of ether oxygens (including phenoxy) is 1. The highest BCUT2D eigenvalue weighted by atomic mass is 32.2. The van der Waals surface area contributed by atoms with E-state index in [2.05, 4.69) is 0 Å². The lowest BCUT2D eigenvalue weighted by molar-refractivity contribution is -0.148. The van der Waals surface area contributed by atoms with E-state index in [4.69, 9.17) is 9.84 Å². The van der Waals surface area contributed by atoms with E-state index in [0.29, 0.717) is 0 Å². The number of thioether (sulfide) groups is 1. The fraction of sp³-hybridized carbons (Fsp3) is 0.417. The number of carboxylic acid groups (broad SMARTS) is 1. The zero-order valence-electron chi connectivity index (χ0n) is 9.47. The molecule has 1 unspecified atom stereocenters. The number of carboxylic acids is 1. The van der Waals surface area contributed by atoms with Gasteiger partial charge < -0.3 is 9.84 Å². The van der Waals surface area contributed by atoms with Gasteiger partial charge in [-0.1, -0.05) is 24.3 Å². The van der Waals surface area contributed by atoms with Gasteiger partial charge in [0.2, 0.25) is 0 Å². The van der Waals surface area contributed by atoms with Crippen molar-refractivity contribution in [2.75, 3.05) is 19.1 Å². The second-order valence-electron chi connectivity index (χ2n) is 3.40. The Balaban J connectivity index is 2.96. The molecule has 0 spiro atoms. The highest BCUT2D eigenvalue weighted by Gasteiger charge is 2.21. The largest absolute Gasteiger partial charge is 0.479 e. The summed E-state index contributed by atoms with van der Waals surface area (Å²) in [6.07, 6.45) is 2.04. The van der Waals surface area contributed by atoms with E-state index in [9.17, 15) is 4.79 Å². The molecule has 0 aliphatic rings. The van der Waals surface area contributed by atoms with E-state index in [1.807, 2.05) is 30.5 Å². The highest BCUT2D eigenvalue weighted by Crippen LogP contribution is 2.22. The third-order valence-corrected chi connectivity index (χ3v) is 2.99. The summed E-state index contributed by atoms with van der Waals surface area (Å²) in [6, 6.07) is 7.54. The van der Waals surface area contributed by atoms with Crippen molar-refractivity contribution in [2.24, 2.45) is 0 Å². The predicted molar refractivity (Wildman–Crippen MR) is 65.9 cm³/mol. The van der Waals surface area contributed by atoms with E-state index >= 15 is 0 Å². The van der Waals surface area contributed by atoms with Crippen LogP contribution in [0.4, 0.5) is 0 Å². The van der Waals surface area contributed by atoms with Crippen LogP contribution in [0.25, 0.3) is 0 Å². The van der Waals surface area contributed by atoms with E-state index in [0.717, 1.165) is 23.3 Å². The van der Waals surface area contributed by atoms with E-state index in [1.54, 1.807) is 11.8 Å². The first kappa shape index (κ1) is 13.1. The Morgan fingerprint density at radius 1 is 1.50 bits per heavy atom. The van der Waals surface area contributed by atoms with Crippen molar-refractivity contribution < 1.29 is 14.6 Å². The van der Waals surface area contributed by atoms with Gasteiger partial charge in [0.1, 0.15) is 0 Å². The highest BCUT2D eigenvalue weighted by molar-refractivity contribution is 7.98. The van der Waals surface area contributed by atoms with Crippen LogP contribution >= 0.6 is 11.8 Å². The zero-order valence-corrected chi connectivity index (χ0v) is 10.3. The molecule has 1 atom stereocenters. The quantitative estimate of drug-likeness (QED) is 0.829. The maximum atomic E-state index is 11.0. The fourth-order valence-corrected chi connectivity index (χ4v) is 2.01. The topological polar surface area (TPSA) is 46.5 Å². The molecule has 1 aromatic carbocycles. The van der Waals surface area contributed by atoms with Crippen molar-refractivity contribution in [1.82, 2.24) is 0 Å². The smallest absolute Gasteiger partial charge is 0.337 e. The second-order valence-corrected chi connectivity index (χ2v) is 4.38. The van der Waals surface area contributed by atoms with Crippen LogP contribution in [0.15, 0.2) is 24.3 Å². The summed E-state index contributed by atoms with van der Waals surface area (Å²) >= 11 is 1.74. The molecule has 0 saturated heterocycles. The number of rotatable bonds is 6. The summed E-state index contributed by atoms with van der Waals surface area (Å²) < 4.78 is 5.01. The Kier molecular flexibility index (Phi) is 5.35. The van der Waals surface area contributed by atoms with Crippen molar-refractivity contribution in [2.45, 2.75) is 12.5 Å². The van der Waals surface area contributed by atoms with E-state index < -0.39 is 12.1 Å². The summed E-state index contributed by atoms with van der Waals surface area (Å²) in [6.45, 7) is 0. The van der Waals surface area contributed by atoms with Gasteiger partial charge in [-0.15, -0.1) is 0 Å². The van der Waals surface area contributed by atoms with Crippen LogP contribution in [0.3, 0.4) is 0 Å². The maximum Gasteiger partial charge on any atom is 0.337 e. The Hall–Kier alpha value is -1.00. The number of methoxy groups -OCH3 is 1. The lowest BCUT2D eigenvalue weighted by Gasteiger charge is -2.15. The second kappa shape index (κ2) is 6.55. The Morgan fingerprint density at radius 2 is 2.19 bits per heavy atom. The molecule has 0 amide bonds. The molecule has 0 aromatic heterocycles. The monoisotopic (exact) mass is 240 g/mol. The molecular formula is C12H16O3S. The Bertz CT molecular complexity index is 352. The summed E-state index contributed by atoms with van der Waals surface area (Å²) in [5.74, 6) is 0.0340. The molecule has 0 bridgehead atoms. The van der Waals surface area contributed by atoms with Crippen molar-refractivity contribution in [3.8, 4) is 0 Å². The average molecular weight is 240 g/mol. The molecular weight excluding hydrogens is 224 g/mol. The van der Waals surface area contributed by atoms with Crippen molar-refractivity contribution in [3.05, 3.63) is 35.4 Å². The van der Waals surface area contributed by atoms with Gasteiger partial charge in [0.25, 0.3) is 0 Å². The van der Waals surface area contributed by atoms with Gasteiger partial charge in [0, 0.05) is 7.11 Å². The van der Waals surface area contributed by atoms with Gasteiger partial charge in [0.05, 0.1) is 0 Å². The number of aliphatic carboxylic acids is 1. The van der Waals surface area contributed by atoms with Gasteiger partial charge in [0.15, 0.2) is 6.10 Å². The molecule has 0 saturated carbocycles. The van der Waals surface area contributed by atoms with Crippen molar-refractivity contribution >= 4 is 17.7 Å². The van der Waals surface area contributed by atoms with Crippen LogP contribution in [0.5, 0.6) is 0 Å². The van der Waals surface area contributed by atoms with Gasteiger partial charge in [-0.2, -0.15) is 11.8 Å². The molecule has 88 valence electrons. The first-order chi connectivity index (χ1) is 7.70. The molecule has 16 heavy (non-hydrogen) atoms. The predicted octanol–water partition coefficient (Wildman–Crippen LogP) is 2.36. The van der Waals surface area contributed by atoms with E-state index in [1.165, 1.54) is 7.11 Å². The summed E-state index contributed by atoms with van der Waals surface area (Å²) in [5.41, 5.74) is 1.80. The van der Waals surface area contributed by atoms with Crippen LogP contribution in [-0.2, 0) is 16.0 Å². The molecule has 0 aliphatic heterocycles. The van der Waals surface area contributed by atoms with Crippen LogP contribution in [-0.4, -0.2) is 30.2 Å². The van der Waals surface area contributed by atoms with Gasteiger partial charge in [-0.05, 0) is 29.6 Å². The van der Waals surface area contributed by atoms with Crippen LogP contribution in [0.2, 0.25) is 0 Å². The maximum absolute atomic E-state index is 11.0. The summed E-state index contributed by atoms with van der Waals surface area (Å²) in [5, 5.41) is 9.05. The van der Waals surface area contributed by atoms with Crippen molar-refractivity contribution in [3.63, 3.8) is 0 Å². The van der Waals surface area contributed by atoms with E-state index in [-0.39, 0.29) is 0 Å². The lowest BCUT2D eigenvalue weighted by atomic mass is 10.0. The van der Waals surface area contributed by atoms with Crippen LogP contribution < -0.4 is 0 Å². The van der Waals surface area contributed by atoms with Crippen molar-refractivity contribution in [1.29, 1.82) is 0 Å². The summed E-state index contributed by atoms with van der Waals surface area (Å²) in [7, 11) is 1.42. The normalized spacial score (nSPS) is 12.4. The van der Waals surface area contributed by atoms with Gasteiger partial charge in [-0.3, -0.25) is 0 Å². The van der Waals surface area contributed by atoms with Crippen LogP contribution in [0, 0.1) is 0 Å². The first-order valence-corrected chi connectivity index (χ1v) is 6.42. The van der Waals surface area contributed by atoms with Gasteiger partial charge in [-0.25, -0.2) is 4.79 Å². The minimum Gasteiger partial charge on any atom is -0.479 e. The molecule has 3 nitrogen and oxygen atoms in total. The molecule has 1 N–H and O–H groups in total. The Morgan fingerprint density at radius 3 is 2.75 bits per heavy atom. The standard InChI is InChI=1S/C12H16O3S/c1-15-11(12(13)14)10-6-4-3-5-9(10)7-8-16-2/h3-6,11H,7-8H2,1-2H3,(H,13,14). The molecule has 0 radical (unpaired) electrons. The Labute approximate surface area is 99.8 Å². The molecule has 0 heterocycles.